The highest BCUT2D eigenvalue weighted by Crippen LogP contribution is 2.55. The first-order chi connectivity index (χ1) is 21.0. The fraction of sp³-hybridized carbons (Fsp3) is 0.100. The minimum absolute atomic E-state index is 0.00554. The standard InChI is InChI=1S/C40H33N3/c1-6-25(2)26(3)27(4)41-28(5)42-35-21-10-7-15-29(35)30-16-8-11-22-36(30)43-37-23-12-9-17-31(37)32-18-13-19-33(39(32)43)34-20-14-24-38(41)40(34)42/h6-24,28H,1,4H2,2-3,5H3/b26-25-/t28-/m1/s1. The molecule has 1 aromatic heterocycles. The Balaban J connectivity index is 1.57. The van der Waals surface area contributed by atoms with Crippen molar-refractivity contribution in [3.63, 3.8) is 0 Å². The van der Waals surface area contributed by atoms with Gasteiger partial charge in [0.2, 0.25) is 0 Å². The summed E-state index contributed by atoms with van der Waals surface area (Å²) in [6, 6.07) is 40.0. The number of fused-ring (bicyclic) bond motifs is 9. The van der Waals surface area contributed by atoms with Crippen LogP contribution in [-0.4, -0.2) is 10.7 Å². The van der Waals surface area contributed by atoms with Crippen molar-refractivity contribution in [2.75, 3.05) is 9.80 Å². The summed E-state index contributed by atoms with van der Waals surface area (Å²) >= 11 is 0. The van der Waals surface area contributed by atoms with Gasteiger partial charge in [-0.3, -0.25) is 0 Å². The number of aromatic nitrogens is 1. The molecule has 0 radical (unpaired) electrons. The van der Waals surface area contributed by atoms with E-state index in [1.54, 1.807) is 0 Å². The van der Waals surface area contributed by atoms with Gasteiger partial charge in [0.1, 0.15) is 6.17 Å². The van der Waals surface area contributed by atoms with Gasteiger partial charge in [0, 0.05) is 38.7 Å². The van der Waals surface area contributed by atoms with Gasteiger partial charge >= 0.3 is 0 Å². The van der Waals surface area contributed by atoms with Gasteiger partial charge in [0.25, 0.3) is 0 Å². The van der Waals surface area contributed by atoms with Gasteiger partial charge in [0.15, 0.2) is 0 Å². The number of benzene rings is 5. The van der Waals surface area contributed by atoms with Crippen LogP contribution in [0.1, 0.15) is 20.8 Å². The zero-order valence-electron chi connectivity index (χ0n) is 24.8. The summed E-state index contributed by atoms with van der Waals surface area (Å²) in [5, 5.41) is 2.52. The average molecular weight is 556 g/mol. The van der Waals surface area contributed by atoms with Gasteiger partial charge in [-0.15, -0.1) is 0 Å². The summed E-state index contributed by atoms with van der Waals surface area (Å²) in [4.78, 5) is 4.92. The molecule has 3 heterocycles. The van der Waals surface area contributed by atoms with E-state index in [0.717, 1.165) is 22.5 Å². The summed E-state index contributed by atoms with van der Waals surface area (Å²) in [5.74, 6) is 0. The first kappa shape index (κ1) is 25.4. The van der Waals surface area contributed by atoms with Crippen LogP contribution in [0.3, 0.4) is 0 Å². The number of allylic oxidation sites excluding steroid dienone is 3. The molecule has 2 aliphatic rings. The van der Waals surface area contributed by atoms with Crippen molar-refractivity contribution >= 4 is 38.9 Å². The number of hydrogen-bond acceptors (Lipinski definition) is 2. The zero-order chi connectivity index (χ0) is 29.4. The molecule has 0 bridgehead atoms. The highest BCUT2D eigenvalue weighted by Gasteiger charge is 2.39. The smallest absolute Gasteiger partial charge is 0.108 e. The molecule has 0 N–H and O–H groups in total. The quantitative estimate of drug-likeness (QED) is 0.201. The molecule has 0 saturated heterocycles. The van der Waals surface area contributed by atoms with Gasteiger partial charge < -0.3 is 14.4 Å². The second-order valence-corrected chi connectivity index (χ2v) is 11.6. The lowest BCUT2D eigenvalue weighted by Gasteiger charge is -2.34. The maximum absolute atomic E-state index is 4.64. The summed E-state index contributed by atoms with van der Waals surface area (Å²) in [5.41, 5.74) is 15.3. The minimum Gasteiger partial charge on any atom is -0.319 e. The van der Waals surface area contributed by atoms with E-state index in [2.05, 4.69) is 157 Å². The number of para-hydroxylation sites is 5. The van der Waals surface area contributed by atoms with Crippen molar-refractivity contribution < 1.29 is 0 Å². The van der Waals surface area contributed by atoms with Crippen LogP contribution in [0.5, 0.6) is 0 Å². The summed E-state index contributed by atoms with van der Waals surface area (Å²) in [6.45, 7) is 15.2. The average Bonchev–Trinajstić information content (AvgIpc) is 3.55. The molecule has 0 amide bonds. The Kier molecular flexibility index (Phi) is 5.54. The molecule has 8 rings (SSSR count). The van der Waals surface area contributed by atoms with Crippen LogP contribution < -0.4 is 9.80 Å². The van der Waals surface area contributed by atoms with Gasteiger partial charge in [0.05, 0.1) is 33.8 Å². The normalized spacial score (nSPS) is 15.6. The lowest BCUT2D eigenvalue weighted by molar-refractivity contribution is 0.738. The third-order valence-corrected chi connectivity index (χ3v) is 9.47. The minimum atomic E-state index is -0.00554. The second-order valence-electron chi connectivity index (χ2n) is 11.6. The summed E-state index contributed by atoms with van der Waals surface area (Å²) in [7, 11) is 0. The fourth-order valence-corrected chi connectivity index (χ4v) is 7.25. The van der Waals surface area contributed by atoms with E-state index in [-0.39, 0.29) is 6.17 Å². The Labute approximate surface area is 252 Å². The molecule has 0 aliphatic carbocycles. The van der Waals surface area contributed by atoms with Gasteiger partial charge in [-0.2, -0.15) is 0 Å². The fourth-order valence-electron chi connectivity index (χ4n) is 7.25. The molecular formula is C40H33N3. The Bertz CT molecular complexity index is 2180. The van der Waals surface area contributed by atoms with E-state index in [0.29, 0.717) is 0 Å². The lowest BCUT2D eigenvalue weighted by atomic mass is 9.95. The predicted molar refractivity (Wildman–Crippen MR) is 183 cm³/mol. The molecule has 3 heteroatoms. The molecule has 2 aliphatic heterocycles. The second kappa shape index (κ2) is 9.37. The number of anilines is 3. The highest BCUT2D eigenvalue weighted by molar-refractivity contribution is 6.16. The molecule has 0 unspecified atom stereocenters. The predicted octanol–water partition coefficient (Wildman–Crippen LogP) is 10.8. The maximum Gasteiger partial charge on any atom is 0.108 e. The number of nitrogens with zero attached hydrogens (tertiary/aromatic N) is 3. The van der Waals surface area contributed by atoms with E-state index >= 15 is 0 Å². The molecule has 0 saturated carbocycles. The molecule has 1 atom stereocenters. The highest BCUT2D eigenvalue weighted by atomic mass is 15.4. The molecular weight excluding hydrogens is 522 g/mol. The maximum atomic E-state index is 4.64. The van der Waals surface area contributed by atoms with Crippen molar-refractivity contribution in [2.24, 2.45) is 0 Å². The lowest BCUT2D eigenvalue weighted by Crippen LogP contribution is -2.38. The van der Waals surface area contributed by atoms with Crippen LogP contribution in [0.4, 0.5) is 17.1 Å². The Morgan fingerprint density at radius 2 is 1.23 bits per heavy atom. The number of rotatable bonds is 3. The van der Waals surface area contributed by atoms with Gasteiger partial charge in [-0.1, -0.05) is 104 Å². The Morgan fingerprint density at radius 3 is 2.02 bits per heavy atom. The first-order valence-electron chi connectivity index (χ1n) is 14.9. The Hall–Kier alpha value is -5.28. The van der Waals surface area contributed by atoms with Crippen LogP contribution in [0.25, 0.3) is 49.7 Å². The van der Waals surface area contributed by atoms with Crippen LogP contribution in [-0.2, 0) is 0 Å². The Morgan fingerprint density at radius 1 is 0.651 bits per heavy atom. The molecule has 0 fully saturated rings. The van der Waals surface area contributed by atoms with E-state index in [1.807, 2.05) is 6.08 Å². The third-order valence-electron chi connectivity index (χ3n) is 9.47. The summed E-state index contributed by atoms with van der Waals surface area (Å²) in [6.07, 6.45) is 1.92. The zero-order valence-corrected chi connectivity index (χ0v) is 24.8. The largest absolute Gasteiger partial charge is 0.319 e. The van der Waals surface area contributed by atoms with Gasteiger partial charge in [-0.05, 0) is 56.2 Å². The van der Waals surface area contributed by atoms with E-state index in [4.69, 9.17) is 0 Å². The molecule has 6 aromatic rings. The molecule has 5 aromatic carbocycles. The van der Waals surface area contributed by atoms with Crippen LogP contribution in [0.2, 0.25) is 0 Å². The molecule has 0 spiro atoms. The first-order valence-corrected chi connectivity index (χ1v) is 14.9. The van der Waals surface area contributed by atoms with Crippen molar-refractivity contribution in [1.29, 1.82) is 0 Å². The molecule has 43 heavy (non-hydrogen) atoms. The third kappa shape index (κ3) is 3.42. The van der Waals surface area contributed by atoms with Crippen molar-refractivity contribution in [1.82, 2.24) is 4.57 Å². The topological polar surface area (TPSA) is 11.4 Å². The van der Waals surface area contributed by atoms with E-state index < -0.39 is 0 Å². The SMILES string of the molecule is C=C/C(C)=C(/C)C(=C)N1c2cccc3c2N(c2ccccc2-c2ccccc2-n2c4ccccc4c4cccc-3c42)[C@@H]1C. The number of hydrogen-bond donors (Lipinski definition) is 0. The molecule has 208 valence electrons. The van der Waals surface area contributed by atoms with Crippen molar-refractivity contribution in [2.45, 2.75) is 26.9 Å². The van der Waals surface area contributed by atoms with Crippen LogP contribution >= 0.6 is 0 Å². The van der Waals surface area contributed by atoms with Crippen LogP contribution in [0, 0.1) is 0 Å². The monoisotopic (exact) mass is 555 g/mol. The van der Waals surface area contributed by atoms with Crippen LogP contribution in [0.15, 0.2) is 145 Å². The molecule has 3 nitrogen and oxygen atoms in total. The van der Waals surface area contributed by atoms with E-state index in [1.165, 1.54) is 61.1 Å². The van der Waals surface area contributed by atoms with E-state index in [9.17, 15) is 0 Å². The van der Waals surface area contributed by atoms with Crippen molar-refractivity contribution in [3.05, 3.63) is 145 Å². The van der Waals surface area contributed by atoms with Gasteiger partial charge in [-0.25, -0.2) is 0 Å². The summed E-state index contributed by atoms with van der Waals surface area (Å²) < 4.78 is 2.48. The van der Waals surface area contributed by atoms with Crippen molar-refractivity contribution in [3.8, 4) is 27.9 Å².